The molecule has 1 atom stereocenters. The Kier molecular flexibility index (Phi) is 5.31. The summed E-state index contributed by atoms with van der Waals surface area (Å²) >= 11 is 0. The Balaban J connectivity index is 2.49. The highest BCUT2D eigenvalue weighted by molar-refractivity contribution is 5.92. The normalized spacial score (nSPS) is 20.2. The maximum atomic E-state index is 5.59. The number of rotatable bonds is 5. The minimum Gasteiger partial charge on any atom is -0.493 e. The summed E-state index contributed by atoms with van der Waals surface area (Å²) in [5, 5.41) is 4.20. The van der Waals surface area contributed by atoms with Gasteiger partial charge in [0.1, 0.15) is 7.11 Å². The van der Waals surface area contributed by atoms with Crippen LogP contribution in [0, 0.1) is 0 Å². The molecule has 0 radical (unpaired) electrons. The number of hydrogen-bond acceptors (Lipinski definition) is 5. The van der Waals surface area contributed by atoms with Crippen LogP contribution in [0.1, 0.15) is 37.2 Å². The molecule has 116 valence electrons. The van der Waals surface area contributed by atoms with Gasteiger partial charge in [-0.15, -0.1) is 0 Å². The van der Waals surface area contributed by atoms with Gasteiger partial charge in [-0.05, 0) is 25.3 Å². The average molecular weight is 293 g/mol. The van der Waals surface area contributed by atoms with Crippen LogP contribution in [0.15, 0.2) is 17.3 Å². The van der Waals surface area contributed by atoms with Crippen molar-refractivity contribution in [3.8, 4) is 17.2 Å². The van der Waals surface area contributed by atoms with Crippen LogP contribution in [0.3, 0.4) is 0 Å². The van der Waals surface area contributed by atoms with Crippen LogP contribution in [0.5, 0.6) is 17.2 Å². The van der Waals surface area contributed by atoms with E-state index in [2.05, 4.69) is 5.16 Å². The maximum Gasteiger partial charge on any atom is 0.203 e. The summed E-state index contributed by atoms with van der Waals surface area (Å²) in [5.41, 5.74) is 2.14. The molecule has 5 nitrogen and oxygen atoms in total. The molecular weight excluding hydrogens is 270 g/mol. The summed E-state index contributed by atoms with van der Waals surface area (Å²) < 4.78 is 16.4. The van der Waals surface area contributed by atoms with Crippen molar-refractivity contribution in [2.24, 2.45) is 5.16 Å². The third-order valence-electron chi connectivity index (χ3n) is 3.90. The molecule has 1 unspecified atom stereocenters. The van der Waals surface area contributed by atoms with E-state index in [1.165, 1.54) is 6.42 Å². The molecule has 2 rings (SSSR count). The topological polar surface area (TPSA) is 49.3 Å². The third kappa shape index (κ3) is 3.06. The number of ether oxygens (including phenoxy) is 3. The van der Waals surface area contributed by atoms with Gasteiger partial charge in [-0.1, -0.05) is 17.6 Å². The fourth-order valence-corrected chi connectivity index (χ4v) is 2.96. The van der Waals surface area contributed by atoms with Crippen molar-refractivity contribution in [3.05, 3.63) is 17.7 Å². The van der Waals surface area contributed by atoms with Gasteiger partial charge in [0.15, 0.2) is 11.5 Å². The lowest BCUT2D eigenvalue weighted by Gasteiger charge is -2.26. The summed E-state index contributed by atoms with van der Waals surface area (Å²) in [5.74, 6) is 2.21. The van der Waals surface area contributed by atoms with Crippen molar-refractivity contribution in [1.82, 2.24) is 0 Å². The number of nitrogens with zero attached hydrogens (tertiary/aromatic N) is 1. The zero-order valence-corrected chi connectivity index (χ0v) is 13.1. The Morgan fingerprint density at radius 3 is 2.33 bits per heavy atom. The van der Waals surface area contributed by atoms with E-state index in [1.807, 2.05) is 12.1 Å². The highest BCUT2D eigenvalue weighted by atomic mass is 16.6. The molecule has 0 bridgehead atoms. The molecule has 0 aromatic heterocycles. The van der Waals surface area contributed by atoms with E-state index in [0.29, 0.717) is 17.2 Å². The van der Waals surface area contributed by atoms with E-state index in [0.717, 1.165) is 30.5 Å². The molecule has 0 amide bonds. The first-order valence-electron chi connectivity index (χ1n) is 7.15. The summed E-state index contributed by atoms with van der Waals surface area (Å²) in [6.07, 6.45) is 4.31. The summed E-state index contributed by atoms with van der Waals surface area (Å²) in [7, 11) is 6.48. The molecule has 1 aliphatic rings. The second kappa shape index (κ2) is 7.20. The van der Waals surface area contributed by atoms with Crippen LogP contribution in [0.4, 0.5) is 0 Å². The number of benzene rings is 1. The first kappa shape index (κ1) is 15.5. The third-order valence-corrected chi connectivity index (χ3v) is 3.90. The fourth-order valence-electron chi connectivity index (χ4n) is 2.96. The first-order chi connectivity index (χ1) is 10.3. The fraction of sp³-hybridized carbons (Fsp3) is 0.562. The standard InChI is InChI=1S/C16H23NO4/c1-18-14-10-9-12(15(19-2)16(14)20-3)11-7-5-6-8-13(11)17-21-4/h9-11H,5-8H2,1-4H3/b17-13+. The minimum absolute atomic E-state index is 0.202. The highest BCUT2D eigenvalue weighted by Gasteiger charge is 2.28. The molecule has 0 heterocycles. The van der Waals surface area contributed by atoms with E-state index in [1.54, 1.807) is 28.4 Å². The Labute approximate surface area is 125 Å². The lowest BCUT2D eigenvalue weighted by atomic mass is 9.82. The van der Waals surface area contributed by atoms with Crippen molar-refractivity contribution in [1.29, 1.82) is 0 Å². The lowest BCUT2D eigenvalue weighted by molar-refractivity contribution is 0.210. The van der Waals surface area contributed by atoms with Crippen molar-refractivity contribution in [2.45, 2.75) is 31.6 Å². The number of hydrogen-bond donors (Lipinski definition) is 0. The molecule has 0 aliphatic heterocycles. The van der Waals surface area contributed by atoms with Crippen LogP contribution in [0.25, 0.3) is 0 Å². The second-order valence-electron chi connectivity index (χ2n) is 4.99. The van der Waals surface area contributed by atoms with E-state index in [9.17, 15) is 0 Å². The summed E-state index contributed by atoms with van der Waals surface area (Å²) in [4.78, 5) is 5.00. The van der Waals surface area contributed by atoms with Crippen molar-refractivity contribution in [2.75, 3.05) is 28.4 Å². The van der Waals surface area contributed by atoms with Gasteiger partial charge in [0.05, 0.1) is 27.0 Å². The first-order valence-corrected chi connectivity index (χ1v) is 7.15. The van der Waals surface area contributed by atoms with E-state index >= 15 is 0 Å². The predicted octanol–water partition coefficient (Wildman–Crippen LogP) is 3.37. The predicted molar refractivity (Wildman–Crippen MR) is 81.8 cm³/mol. The molecule has 0 saturated heterocycles. The molecule has 1 fully saturated rings. The lowest BCUT2D eigenvalue weighted by Crippen LogP contribution is -2.19. The largest absolute Gasteiger partial charge is 0.493 e. The monoisotopic (exact) mass is 293 g/mol. The molecule has 0 spiro atoms. The number of oxime groups is 1. The Hall–Kier alpha value is -1.91. The molecule has 0 N–H and O–H groups in total. The zero-order chi connectivity index (χ0) is 15.2. The van der Waals surface area contributed by atoms with Gasteiger partial charge < -0.3 is 19.0 Å². The van der Waals surface area contributed by atoms with Crippen molar-refractivity contribution >= 4 is 5.71 Å². The van der Waals surface area contributed by atoms with Gasteiger partial charge >= 0.3 is 0 Å². The van der Waals surface area contributed by atoms with E-state index < -0.39 is 0 Å². The van der Waals surface area contributed by atoms with Crippen molar-refractivity contribution in [3.63, 3.8) is 0 Å². The SMILES string of the molecule is CO/N=C1\CCCCC1c1ccc(OC)c(OC)c1OC. The molecule has 5 heteroatoms. The van der Waals surface area contributed by atoms with Crippen LogP contribution < -0.4 is 14.2 Å². The molecule has 1 saturated carbocycles. The van der Waals surface area contributed by atoms with Gasteiger partial charge in [-0.25, -0.2) is 0 Å². The van der Waals surface area contributed by atoms with Gasteiger partial charge in [0, 0.05) is 11.5 Å². The smallest absolute Gasteiger partial charge is 0.203 e. The van der Waals surface area contributed by atoms with Gasteiger partial charge in [-0.2, -0.15) is 0 Å². The zero-order valence-electron chi connectivity index (χ0n) is 13.1. The van der Waals surface area contributed by atoms with E-state index in [4.69, 9.17) is 19.0 Å². The van der Waals surface area contributed by atoms with Gasteiger partial charge in [-0.3, -0.25) is 0 Å². The van der Waals surface area contributed by atoms with Crippen LogP contribution in [0.2, 0.25) is 0 Å². The second-order valence-corrected chi connectivity index (χ2v) is 4.99. The highest BCUT2D eigenvalue weighted by Crippen LogP contribution is 2.45. The summed E-state index contributed by atoms with van der Waals surface area (Å²) in [6.45, 7) is 0. The molecule has 1 aromatic carbocycles. The average Bonchev–Trinajstić information content (AvgIpc) is 2.54. The maximum absolute atomic E-state index is 5.59. The van der Waals surface area contributed by atoms with Crippen LogP contribution in [-0.4, -0.2) is 34.2 Å². The Bertz CT molecular complexity index is 513. The molecule has 1 aromatic rings. The summed E-state index contributed by atoms with van der Waals surface area (Å²) in [6, 6.07) is 3.94. The van der Waals surface area contributed by atoms with Crippen molar-refractivity contribution < 1.29 is 19.0 Å². The quantitative estimate of drug-likeness (QED) is 0.781. The molecular formula is C16H23NO4. The van der Waals surface area contributed by atoms with Crippen LogP contribution >= 0.6 is 0 Å². The Morgan fingerprint density at radius 1 is 0.952 bits per heavy atom. The van der Waals surface area contributed by atoms with Gasteiger partial charge in [0.25, 0.3) is 0 Å². The Morgan fingerprint density at radius 2 is 1.71 bits per heavy atom. The van der Waals surface area contributed by atoms with Gasteiger partial charge in [0.2, 0.25) is 5.75 Å². The molecule has 21 heavy (non-hydrogen) atoms. The van der Waals surface area contributed by atoms with E-state index in [-0.39, 0.29) is 5.92 Å². The number of methoxy groups -OCH3 is 3. The molecule has 1 aliphatic carbocycles. The minimum atomic E-state index is 0.202. The van der Waals surface area contributed by atoms with Crippen LogP contribution in [-0.2, 0) is 4.84 Å².